The molecule has 96 valence electrons. The van der Waals surface area contributed by atoms with Crippen LogP contribution in [0, 0.1) is 0 Å². The van der Waals surface area contributed by atoms with Crippen molar-refractivity contribution in [2.75, 3.05) is 0 Å². The number of nitrogens with one attached hydrogen (secondary N) is 2. The second-order valence-corrected chi connectivity index (χ2v) is 9.53. The fourth-order valence-corrected chi connectivity index (χ4v) is 6.19. The van der Waals surface area contributed by atoms with Crippen LogP contribution < -0.4 is 15.2 Å². The molecule has 2 N–H and O–H groups in total. The zero-order valence-electron chi connectivity index (χ0n) is 12.0. The lowest BCUT2D eigenvalue weighted by Crippen LogP contribution is -2.73. The van der Waals surface area contributed by atoms with Gasteiger partial charge >= 0.3 is 0 Å². The van der Waals surface area contributed by atoms with Gasteiger partial charge in [0.15, 0.2) is 0 Å². The Labute approximate surface area is 107 Å². The summed E-state index contributed by atoms with van der Waals surface area (Å²) in [6, 6.07) is 11.2. The molecule has 0 aromatic heterocycles. The summed E-state index contributed by atoms with van der Waals surface area (Å²) in [4.78, 5) is 7.56. The van der Waals surface area contributed by atoms with E-state index in [1.165, 1.54) is 5.19 Å². The molecule has 0 saturated heterocycles. The van der Waals surface area contributed by atoms with Crippen molar-refractivity contribution in [3.8, 4) is 0 Å². The second kappa shape index (κ2) is 5.34. The minimum absolute atomic E-state index is 0.124. The van der Waals surface area contributed by atoms with Gasteiger partial charge in [0.05, 0.1) is 0 Å². The van der Waals surface area contributed by atoms with Crippen LogP contribution in [0.4, 0.5) is 0 Å². The molecule has 3 heteroatoms. The van der Waals surface area contributed by atoms with Gasteiger partial charge in [-0.05, 0) is 38.5 Å². The summed E-state index contributed by atoms with van der Waals surface area (Å²) >= 11 is 0. The molecule has 0 heterocycles. The van der Waals surface area contributed by atoms with Crippen LogP contribution in [-0.4, -0.2) is 20.0 Å². The van der Waals surface area contributed by atoms with E-state index in [2.05, 4.69) is 81.5 Å². The van der Waals surface area contributed by atoms with Gasteiger partial charge in [-0.25, -0.2) is 0 Å². The Morgan fingerprint density at radius 2 is 1.59 bits per heavy atom. The largest absolute Gasteiger partial charge is 0.320 e. The SMILES string of the molecule is CC(C)N[Si](C)(NC(C)(C)C)c1ccccc1. The van der Waals surface area contributed by atoms with E-state index >= 15 is 0 Å². The van der Waals surface area contributed by atoms with Gasteiger partial charge < -0.3 is 9.96 Å². The quantitative estimate of drug-likeness (QED) is 0.802. The topological polar surface area (TPSA) is 24.1 Å². The van der Waals surface area contributed by atoms with E-state index in [0.717, 1.165) is 0 Å². The monoisotopic (exact) mass is 250 g/mol. The first-order chi connectivity index (χ1) is 7.73. The van der Waals surface area contributed by atoms with Gasteiger partial charge in [-0.2, -0.15) is 0 Å². The molecule has 1 atom stereocenters. The fraction of sp³-hybridized carbons (Fsp3) is 0.571. The van der Waals surface area contributed by atoms with Crippen LogP contribution in [0.2, 0.25) is 6.55 Å². The van der Waals surface area contributed by atoms with Crippen LogP contribution in [0.3, 0.4) is 0 Å². The van der Waals surface area contributed by atoms with Crippen molar-refractivity contribution in [1.82, 2.24) is 9.96 Å². The van der Waals surface area contributed by atoms with Crippen LogP contribution in [0.25, 0.3) is 0 Å². The van der Waals surface area contributed by atoms with Crippen LogP contribution in [0.15, 0.2) is 30.3 Å². The van der Waals surface area contributed by atoms with Crippen LogP contribution in [0.5, 0.6) is 0 Å². The van der Waals surface area contributed by atoms with Crippen LogP contribution in [-0.2, 0) is 0 Å². The van der Waals surface area contributed by atoms with Crippen molar-refractivity contribution in [3.05, 3.63) is 30.3 Å². The Bertz CT molecular complexity index is 343. The number of rotatable bonds is 4. The van der Waals surface area contributed by atoms with E-state index in [4.69, 9.17) is 0 Å². The number of hydrogen-bond acceptors (Lipinski definition) is 2. The summed E-state index contributed by atoms with van der Waals surface area (Å²) in [6.07, 6.45) is 0. The first-order valence-electron chi connectivity index (χ1n) is 6.35. The van der Waals surface area contributed by atoms with E-state index < -0.39 is 8.40 Å². The molecule has 0 spiro atoms. The zero-order valence-corrected chi connectivity index (χ0v) is 13.0. The maximum Gasteiger partial charge on any atom is 0.231 e. The van der Waals surface area contributed by atoms with Gasteiger partial charge in [-0.1, -0.05) is 44.2 Å². The summed E-state index contributed by atoms with van der Waals surface area (Å²) in [7, 11) is -1.82. The highest BCUT2D eigenvalue weighted by Crippen LogP contribution is 2.07. The van der Waals surface area contributed by atoms with Crippen molar-refractivity contribution in [2.24, 2.45) is 0 Å². The van der Waals surface area contributed by atoms with Crippen molar-refractivity contribution in [1.29, 1.82) is 0 Å². The van der Waals surface area contributed by atoms with Gasteiger partial charge in [0.25, 0.3) is 0 Å². The Balaban J connectivity index is 3.02. The molecule has 0 fully saturated rings. The lowest BCUT2D eigenvalue weighted by atomic mass is 10.1. The molecule has 0 radical (unpaired) electrons. The second-order valence-electron chi connectivity index (χ2n) is 6.17. The molecule has 0 aliphatic carbocycles. The van der Waals surface area contributed by atoms with Crippen LogP contribution in [0.1, 0.15) is 34.6 Å². The Hall–Kier alpha value is -0.643. The minimum atomic E-state index is -1.82. The fourth-order valence-electron chi connectivity index (χ4n) is 2.29. The lowest BCUT2D eigenvalue weighted by molar-refractivity contribution is 0.503. The molecule has 1 aromatic carbocycles. The van der Waals surface area contributed by atoms with E-state index in [1.807, 2.05) is 0 Å². The Morgan fingerprint density at radius 3 is 2.00 bits per heavy atom. The molecule has 0 bridgehead atoms. The van der Waals surface area contributed by atoms with Crippen molar-refractivity contribution < 1.29 is 0 Å². The number of hydrogen-bond donors (Lipinski definition) is 2. The summed E-state index contributed by atoms with van der Waals surface area (Å²) in [6.45, 7) is 13.4. The molecule has 0 saturated carbocycles. The van der Waals surface area contributed by atoms with Gasteiger partial charge in [-0.3, -0.25) is 0 Å². The van der Waals surface area contributed by atoms with Gasteiger partial charge in [0.1, 0.15) is 0 Å². The van der Waals surface area contributed by atoms with Crippen molar-refractivity contribution in [3.63, 3.8) is 0 Å². The summed E-state index contributed by atoms with van der Waals surface area (Å²) in [5.74, 6) is 0. The predicted molar refractivity (Wildman–Crippen MR) is 78.9 cm³/mol. The minimum Gasteiger partial charge on any atom is -0.320 e. The molecule has 1 aromatic rings. The third-order valence-electron chi connectivity index (χ3n) is 2.55. The molecule has 0 amide bonds. The normalized spacial score (nSPS) is 15.9. The third kappa shape index (κ3) is 4.62. The van der Waals surface area contributed by atoms with Crippen molar-refractivity contribution >= 4 is 13.6 Å². The Morgan fingerprint density at radius 1 is 1.06 bits per heavy atom. The van der Waals surface area contributed by atoms with Gasteiger partial charge in [0.2, 0.25) is 8.40 Å². The molecule has 0 aliphatic rings. The highest BCUT2D eigenvalue weighted by atomic mass is 28.3. The standard InChI is InChI=1S/C14H26N2Si/c1-12(2)15-17(6,16-14(3,4)5)13-10-8-7-9-11-13/h7-12,15-16H,1-6H3. The maximum absolute atomic E-state index is 3.81. The predicted octanol–water partition coefficient (Wildman–Crippen LogP) is 2.35. The highest BCUT2D eigenvalue weighted by molar-refractivity contribution is 6.86. The maximum atomic E-state index is 3.81. The summed E-state index contributed by atoms with van der Waals surface area (Å²) in [5.41, 5.74) is 0.124. The molecule has 1 rings (SSSR count). The zero-order chi connectivity index (χ0) is 13.1. The van der Waals surface area contributed by atoms with E-state index in [9.17, 15) is 0 Å². The average Bonchev–Trinajstić information content (AvgIpc) is 2.14. The molecule has 0 aliphatic heterocycles. The molecule has 17 heavy (non-hydrogen) atoms. The van der Waals surface area contributed by atoms with Crippen molar-refractivity contribution in [2.45, 2.75) is 52.7 Å². The van der Waals surface area contributed by atoms with Gasteiger partial charge in [-0.15, -0.1) is 0 Å². The first kappa shape index (κ1) is 14.4. The van der Waals surface area contributed by atoms with E-state index in [-0.39, 0.29) is 5.54 Å². The highest BCUT2D eigenvalue weighted by Gasteiger charge is 2.34. The molecular weight excluding hydrogens is 224 g/mol. The van der Waals surface area contributed by atoms with Gasteiger partial charge in [0, 0.05) is 5.54 Å². The summed E-state index contributed by atoms with van der Waals surface area (Å²) in [5, 5.41) is 1.41. The first-order valence-corrected chi connectivity index (χ1v) is 8.85. The molecule has 2 nitrogen and oxygen atoms in total. The number of benzene rings is 1. The van der Waals surface area contributed by atoms with Crippen LogP contribution >= 0.6 is 0 Å². The third-order valence-corrected chi connectivity index (χ3v) is 6.45. The molecular formula is C14H26N2Si. The molecule has 1 unspecified atom stereocenters. The Kier molecular flexibility index (Phi) is 4.53. The average molecular weight is 250 g/mol. The smallest absolute Gasteiger partial charge is 0.231 e. The summed E-state index contributed by atoms with van der Waals surface area (Å²) < 4.78 is 0. The lowest BCUT2D eigenvalue weighted by Gasteiger charge is -2.38. The van der Waals surface area contributed by atoms with E-state index in [1.54, 1.807) is 0 Å². The van der Waals surface area contributed by atoms with E-state index in [0.29, 0.717) is 6.04 Å².